The van der Waals surface area contributed by atoms with Gasteiger partial charge in [-0.3, -0.25) is 0 Å². The fourth-order valence-electron chi connectivity index (χ4n) is 1.24. The molecule has 0 unspecified atom stereocenters. The van der Waals surface area contributed by atoms with Crippen LogP contribution in [-0.2, 0) is 10.5 Å². The lowest BCUT2D eigenvalue weighted by Gasteiger charge is -2.04. The summed E-state index contributed by atoms with van der Waals surface area (Å²) in [6.45, 7) is 0.164. The molecule has 0 amide bonds. The summed E-state index contributed by atoms with van der Waals surface area (Å²) in [6, 6.07) is 7.65. The maximum absolute atomic E-state index is 10.4. The molecule has 1 aromatic rings. The van der Waals surface area contributed by atoms with E-state index in [9.17, 15) is 4.79 Å². The van der Waals surface area contributed by atoms with Gasteiger partial charge in [-0.05, 0) is 17.2 Å². The van der Waals surface area contributed by atoms with Gasteiger partial charge in [0, 0.05) is 17.6 Å². The van der Waals surface area contributed by atoms with Crippen LogP contribution >= 0.6 is 11.8 Å². The molecule has 0 aliphatic carbocycles. The van der Waals surface area contributed by atoms with Gasteiger partial charge in [0.1, 0.15) is 0 Å². The number of carboxylic acid groups (broad SMARTS) is 1. The molecule has 0 aromatic heterocycles. The van der Waals surface area contributed by atoms with Crippen LogP contribution in [0.15, 0.2) is 30.3 Å². The Morgan fingerprint density at radius 2 is 2.12 bits per heavy atom. The summed E-state index contributed by atoms with van der Waals surface area (Å²) in [7, 11) is 0. The molecule has 0 aliphatic rings. The van der Waals surface area contributed by atoms with Crippen LogP contribution in [0.3, 0.4) is 0 Å². The highest BCUT2D eigenvalue weighted by molar-refractivity contribution is 7.98. The minimum absolute atomic E-state index is 0.164. The predicted octanol–water partition coefficient (Wildman–Crippen LogP) is 2.01. The van der Waals surface area contributed by atoms with Gasteiger partial charge in [0.15, 0.2) is 0 Å². The molecule has 3 nitrogen and oxygen atoms in total. The molecule has 86 valence electrons. The van der Waals surface area contributed by atoms with Crippen LogP contribution in [0.25, 0.3) is 6.08 Å². The van der Waals surface area contributed by atoms with Crippen LogP contribution in [0.1, 0.15) is 11.1 Å². The Balaban J connectivity index is 2.71. The van der Waals surface area contributed by atoms with Crippen molar-refractivity contribution in [2.75, 3.05) is 12.4 Å². The summed E-state index contributed by atoms with van der Waals surface area (Å²) < 4.78 is 0. The minimum atomic E-state index is -0.946. The highest BCUT2D eigenvalue weighted by atomic mass is 32.2. The Labute approximate surface area is 98.8 Å². The zero-order valence-corrected chi connectivity index (χ0v) is 9.61. The second-order valence-corrected chi connectivity index (χ2v) is 4.25. The number of aliphatic hydroxyl groups is 1. The lowest BCUT2D eigenvalue weighted by atomic mass is 10.1. The molecule has 2 N–H and O–H groups in total. The molecule has 0 aliphatic heterocycles. The van der Waals surface area contributed by atoms with Crippen LogP contribution in [0.5, 0.6) is 0 Å². The second kappa shape index (κ2) is 7.09. The largest absolute Gasteiger partial charge is 0.478 e. The summed E-state index contributed by atoms with van der Waals surface area (Å²) >= 11 is 1.62. The molecule has 0 radical (unpaired) electrons. The van der Waals surface area contributed by atoms with Gasteiger partial charge >= 0.3 is 5.97 Å². The quantitative estimate of drug-likeness (QED) is 0.588. The van der Waals surface area contributed by atoms with Crippen molar-refractivity contribution in [2.45, 2.75) is 5.75 Å². The third-order valence-corrected chi connectivity index (χ3v) is 2.94. The summed E-state index contributed by atoms with van der Waals surface area (Å²) in [4.78, 5) is 10.4. The first-order valence-corrected chi connectivity index (χ1v) is 6.07. The van der Waals surface area contributed by atoms with Crippen LogP contribution in [0, 0.1) is 0 Å². The van der Waals surface area contributed by atoms with Gasteiger partial charge in [0.25, 0.3) is 0 Å². The van der Waals surface area contributed by atoms with Gasteiger partial charge in [-0.15, -0.1) is 0 Å². The third-order valence-electron chi connectivity index (χ3n) is 1.95. The number of aliphatic hydroxyl groups excluding tert-OH is 1. The average Bonchev–Trinajstić information content (AvgIpc) is 2.28. The average molecular weight is 238 g/mol. The van der Waals surface area contributed by atoms with Gasteiger partial charge in [-0.25, -0.2) is 4.79 Å². The molecule has 0 fully saturated rings. The van der Waals surface area contributed by atoms with E-state index in [1.807, 2.05) is 24.3 Å². The summed E-state index contributed by atoms with van der Waals surface area (Å²) in [5.74, 6) is 0.523. The van der Waals surface area contributed by atoms with Crippen molar-refractivity contribution < 1.29 is 15.0 Å². The van der Waals surface area contributed by atoms with E-state index in [0.717, 1.165) is 23.0 Å². The van der Waals surface area contributed by atoms with E-state index in [0.29, 0.717) is 5.75 Å². The molecule has 0 atom stereocenters. The smallest absolute Gasteiger partial charge is 0.328 e. The molecule has 1 rings (SSSR count). The van der Waals surface area contributed by atoms with E-state index < -0.39 is 5.97 Å². The minimum Gasteiger partial charge on any atom is -0.478 e. The van der Waals surface area contributed by atoms with E-state index in [2.05, 4.69) is 0 Å². The Morgan fingerprint density at radius 3 is 2.81 bits per heavy atom. The molecular formula is C12H14O3S. The number of benzene rings is 1. The number of thioether (sulfide) groups is 1. The number of carboxylic acids is 1. The van der Waals surface area contributed by atoms with E-state index in [1.165, 1.54) is 0 Å². The zero-order valence-electron chi connectivity index (χ0n) is 8.80. The number of rotatable bonds is 6. The predicted molar refractivity (Wildman–Crippen MR) is 66.4 cm³/mol. The van der Waals surface area contributed by atoms with Crippen LogP contribution in [0.4, 0.5) is 0 Å². The highest BCUT2D eigenvalue weighted by Crippen LogP contribution is 2.17. The monoisotopic (exact) mass is 238 g/mol. The van der Waals surface area contributed by atoms with Crippen LogP contribution in [0.2, 0.25) is 0 Å². The van der Waals surface area contributed by atoms with Crippen molar-refractivity contribution in [3.05, 3.63) is 41.5 Å². The Kier molecular flexibility index (Phi) is 5.67. The van der Waals surface area contributed by atoms with Crippen molar-refractivity contribution >= 4 is 23.8 Å². The molecule has 4 heteroatoms. The van der Waals surface area contributed by atoms with Gasteiger partial charge in [0.2, 0.25) is 0 Å². The second-order valence-electron chi connectivity index (χ2n) is 3.15. The Bertz CT molecular complexity index is 374. The Morgan fingerprint density at radius 1 is 1.38 bits per heavy atom. The summed E-state index contributed by atoms with van der Waals surface area (Å²) in [6.07, 6.45) is 2.73. The molecule has 0 saturated heterocycles. The standard InChI is InChI=1S/C12H14O3S/c13-7-8-16-9-11-4-2-1-3-10(11)5-6-12(14)15/h1-6,13H,7-9H2,(H,14,15). The number of aliphatic carboxylic acids is 1. The molecule has 0 saturated carbocycles. The molecule has 16 heavy (non-hydrogen) atoms. The lowest BCUT2D eigenvalue weighted by molar-refractivity contribution is -0.131. The fraction of sp³-hybridized carbons (Fsp3) is 0.250. The van der Waals surface area contributed by atoms with Crippen LogP contribution < -0.4 is 0 Å². The van der Waals surface area contributed by atoms with Crippen molar-refractivity contribution in [1.29, 1.82) is 0 Å². The lowest BCUT2D eigenvalue weighted by Crippen LogP contribution is -1.91. The third kappa shape index (κ3) is 4.51. The number of hydrogen-bond donors (Lipinski definition) is 2. The van der Waals surface area contributed by atoms with Crippen molar-refractivity contribution in [3.63, 3.8) is 0 Å². The molecule has 1 aromatic carbocycles. The molecular weight excluding hydrogens is 224 g/mol. The zero-order chi connectivity index (χ0) is 11.8. The summed E-state index contributed by atoms with van der Waals surface area (Å²) in [5.41, 5.74) is 1.99. The van der Waals surface area contributed by atoms with Crippen LogP contribution in [-0.4, -0.2) is 28.5 Å². The first-order chi connectivity index (χ1) is 7.74. The highest BCUT2D eigenvalue weighted by Gasteiger charge is 1.99. The molecule has 0 spiro atoms. The SMILES string of the molecule is O=C(O)C=Cc1ccccc1CSCCO. The summed E-state index contributed by atoms with van der Waals surface area (Å²) in [5, 5.41) is 17.2. The maximum atomic E-state index is 10.4. The van der Waals surface area contributed by atoms with Crippen molar-refractivity contribution in [1.82, 2.24) is 0 Å². The molecule has 0 bridgehead atoms. The number of hydrogen-bond acceptors (Lipinski definition) is 3. The topological polar surface area (TPSA) is 57.5 Å². The van der Waals surface area contributed by atoms with E-state index in [-0.39, 0.29) is 6.61 Å². The van der Waals surface area contributed by atoms with E-state index in [1.54, 1.807) is 17.8 Å². The van der Waals surface area contributed by atoms with Gasteiger partial charge in [-0.1, -0.05) is 24.3 Å². The molecule has 0 heterocycles. The van der Waals surface area contributed by atoms with E-state index >= 15 is 0 Å². The first-order valence-electron chi connectivity index (χ1n) is 4.91. The van der Waals surface area contributed by atoms with E-state index in [4.69, 9.17) is 10.2 Å². The van der Waals surface area contributed by atoms with Crippen molar-refractivity contribution in [3.8, 4) is 0 Å². The number of carbonyl (C=O) groups is 1. The normalized spacial score (nSPS) is 10.8. The maximum Gasteiger partial charge on any atom is 0.328 e. The van der Waals surface area contributed by atoms with Crippen molar-refractivity contribution in [2.24, 2.45) is 0 Å². The fourth-order valence-corrected chi connectivity index (χ4v) is 1.99. The van der Waals surface area contributed by atoms with Gasteiger partial charge in [0.05, 0.1) is 6.61 Å². The van der Waals surface area contributed by atoms with Gasteiger partial charge < -0.3 is 10.2 Å². The van der Waals surface area contributed by atoms with Gasteiger partial charge in [-0.2, -0.15) is 11.8 Å². The Hall–Kier alpha value is -1.26. The first kappa shape index (κ1) is 12.8.